The fourth-order valence-corrected chi connectivity index (χ4v) is 3.63. The average molecular weight is 350 g/mol. The van der Waals surface area contributed by atoms with Crippen LogP contribution in [0.5, 0.6) is 0 Å². The summed E-state index contributed by atoms with van der Waals surface area (Å²) in [5, 5.41) is 7.07. The molecule has 5 nitrogen and oxygen atoms in total. The van der Waals surface area contributed by atoms with E-state index in [-0.39, 0.29) is 29.9 Å². The highest BCUT2D eigenvalue weighted by Crippen LogP contribution is 2.25. The predicted molar refractivity (Wildman–Crippen MR) is 93.6 cm³/mol. The largest absolute Gasteiger partial charge is 0.342 e. The summed E-state index contributed by atoms with van der Waals surface area (Å²) >= 11 is 5.89. The quantitative estimate of drug-likeness (QED) is 0.854. The molecule has 2 amide bonds. The number of hydrogen-bond acceptors (Lipinski definition) is 3. The van der Waals surface area contributed by atoms with Crippen LogP contribution in [0.3, 0.4) is 0 Å². The van der Waals surface area contributed by atoms with E-state index in [1.807, 2.05) is 24.3 Å². The number of rotatable bonds is 5. The number of nitrogens with zero attached hydrogens (tertiary/aromatic N) is 1. The fourth-order valence-electron chi connectivity index (χ4n) is 3.50. The van der Waals surface area contributed by atoms with Crippen molar-refractivity contribution in [2.75, 3.05) is 6.54 Å². The zero-order valence-corrected chi connectivity index (χ0v) is 14.8. The molecule has 0 unspecified atom stereocenters. The van der Waals surface area contributed by atoms with Gasteiger partial charge in [-0.1, -0.05) is 37.6 Å². The summed E-state index contributed by atoms with van der Waals surface area (Å²) in [6, 6.07) is 7.13. The summed E-state index contributed by atoms with van der Waals surface area (Å²) in [6.07, 6.45) is 1.36. The van der Waals surface area contributed by atoms with Gasteiger partial charge in [-0.15, -0.1) is 0 Å². The molecule has 6 heteroatoms. The van der Waals surface area contributed by atoms with E-state index < -0.39 is 0 Å². The topological polar surface area (TPSA) is 61.4 Å². The Morgan fingerprint density at radius 3 is 2.67 bits per heavy atom. The lowest BCUT2D eigenvalue weighted by Crippen LogP contribution is -2.61. The van der Waals surface area contributed by atoms with Crippen LogP contribution in [0, 0.1) is 5.92 Å². The maximum absolute atomic E-state index is 12.6. The Kier molecular flexibility index (Phi) is 5.11. The van der Waals surface area contributed by atoms with Crippen LogP contribution in [-0.2, 0) is 16.1 Å². The maximum Gasteiger partial charge on any atom is 0.245 e. The molecule has 3 atom stereocenters. The molecule has 0 radical (unpaired) electrons. The number of nitrogens with one attached hydrogen (secondary N) is 2. The first-order valence-electron chi connectivity index (χ1n) is 8.52. The summed E-state index contributed by atoms with van der Waals surface area (Å²) in [6.45, 7) is 5.42. The molecule has 2 N–H and O–H groups in total. The van der Waals surface area contributed by atoms with Crippen molar-refractivity contribution in [2.24, 2.45) is 5.92 Å². The number of piperazine rings is 1. The van der Waals surface area contributed by atoms with Crippen LogP contribution >= 0.6 is 11.6 Å². The molecule has 0 saturated carbocycles. The molecule has 2 aliphatic heterocycles. The van der Waals surface area contributed by atoms with Gasteiger partial charge in [0.25, 0.3) is 0 Å². The van der Waals surface area contributed by atoms with Crippen LogP contribution < -0.4 is 10.6 Å². The molecule has 0 bridgehead atoms. The minimum Gasteiger partial charge on any atom is -0.342 e. The number of carbonyl (C=O) groups excluding carboxylic acids is 2. The highest BCUT2D eigenvalue weighted by atomic mass is 35.5. The number of benzene rings is 1. The molecule has 2 fully saturated rings. The molecule has 3 rings (SSSR count). The van der Waals surface area contributed by atoms with Gasteiger partial charge in [0.15, 0.2) is 0 Å². The van der Waals surface area contributed by atoms with Crippen molar-refractivity contribution in [1.29, 1.82) is 0 Å². The van der Waals surface area contributed by atoms with Crippen LogP contribution in [0.15, 0.2) is 24.3 Å². The first kappa shape index (κ1) is 17.2. The molecule has 1 aromatic carbocycles. The lowest BCUT2D eigenvalue weighted by Gasteiger charge is -2.35. The van der Waals surface area contributed by atoms with E-state index >= 15 is 0 Å². The summed E-state index contributed by atoms with van der Waals surface area (Å²) in [4.78, 5) is 26.7. The summed E-state index contributed by atoms with van der Waals surface area (Å²) in [5.41, 5.74) is 1.14. The molecule has 2 heterocycles. The Morgan fingerprint density at radius 1 is 1.29 bits per heavy atom. The Bertz CT molecular complexity index is 617. The molecular formula is C18H24ClN3O2. The summed E-state index contributed by atoms with van der Waals surface area (Å²) in [5.74, 6) is 0.414. The van der Waals surface area contributed by atoms with Crippen molar-refractivity contribution in [1.82, 2.24) is 15.5 Å². The highest BCUT2D eigenvalue weighted by molar-refractivity contribution is 6.30. The van der Waals surface area contributed by atoms with Gasteiger partial charge >= 0.3 is 0 Å². The zero-order chi connectivity index (χ0) is 17.3. The molecule has 0 spiro atoms. The number of halogens is 1. The highest BCUT2D eigenvalue weighted by Gasteiger charge is 2.46. The van der Waals surface area contributed by atoms with Crippen LogP contribution in [0.25, 0.3) is 0 Å². The van der Waals surface area contributed by atoms with Gasteiger partial charge in [-0.05, 0) is 36.5 Å². The molecule has 130 valence electrons. The molecule has 0 aliphatic carbocycles. The van der Waals surface area contributed by atoms with Gasteiger partial charge in [0, 0.05) is 24.2 Å². The third kappa shape index (κ3) is 3.73. The molecule has 2 aliphatic rings. The van der Waals surface area contributed by atoms with E-state index in [4.69, 9.17) is 11.6 Å². The van der Waals surface area contributed by atoms with Crippen molar-refractivity contribution in [3.8, 4) is 0 Å². The molecule has 2 saturated heterocycles. The van der Waals surface area contributed by atoms with Gasteiger partial charge in [-0.3, -0.25) is 9.59 Å². The van der Waals surface area contributed by atoms with Gasteiger partial charge in [-0.2, -0.15) is 0 Å². The molecular weight excluding hydrogens is 326 g/mol. The second-order valence-corrected chi connectivity index (χ2v) is 7.57. The number of amides is 2. The van der Waals surface area contributed by atoms with Gasteiger partial charge in [-0.25, -0.2) is 0 Å². The van der Waals surface area contributed by atoms with Crippen molar-refractivity contribution in [3.63, 3.8) is 0 Å². The number of carbonyl (C=O) groups is 2. The third-order valence-corrected chi connectivity index (χ3v) is 4.97. The lowest BCUT2D eigenvalue weighted by atomic mass is 9.99. The zero-order valence-electron chi connectivity index (χ0n) is 14.1. The first-order valence-corrected chi connectivity index (χ1v) is 8.90. The van der Waals surface area contributed by atoms with Gasteiger partial charge in [0.1, 0.15) is 12.1 Å². The molecule has 24 heavy (non-hydrogen) atoms. The van der Waals surface area contributed by atoms with Crippen LogP contribution in [-0.4, -0.2) is 41.4 Å². The molecule has 1 aromatic rings. The fraction of sp³-hybridized carbons (Fsp3) is 0.556. The third-order valence-electron chi connectivity index (χ3n) is 4.72. The Morgan fingerprint density at radius 2 is 2.00 bits per heavy atom. The normalized spacial score (nSPS) is 26.7. The molecule has 0 aromatic heterocycles. The van der Waals surface area contributed by atoms with Crippen LogP contribution in [0.2, 0.25) is 5.02 Å². The number of hydrogen-bond donors (Lipinski definition) is 2. The second-order valence-electron chi connectivity index (χ2n) is 7.14. The average Bonchev–Trinajstić information content (AvgIpc) is 2.96. The minimum atomic E-state index is -0.372. The summed E-state index contributed by atoms with van der Waals surface area (Å²) < 4.78 is 0. The minimum absolute atomic E-state index is 0.0176. The Labute approximate surface area is 147 Å². The van der Waals surface area contributed by atoms with Crippen molar-refractivity contribution in [2.45, 2.75) is 51.4 Å². The van der Waals surface area contributed by atoms with Gasteiger partial charge in [0.2, 0.25) is 11.8 Å². The second kappa shape index (κ2) is 7.11. The van der Waals surface area contributed by atoms with Crippen molar-refractivity contribution < 1.29 is 9.59 Å². The lowest BCUT2D eigenvalue weighted by molar-refractivity contribution is -0.147. The number of fused-ring (bicyclic) bond motifs is 1. The van der Waals surface area contributed by atoms with E-state index in [1.165, 1.54) is 0 Å². The summed E-state index contributed by atoms with van der Waals surface area (Å²) in [7, 11) is 0. The van der Waals surface area contributed by atoms with Crippen molar-refractivity contribution in [3.05, 3.63) is 34.9 Å². The SMILES string of the molecule is CC(C)C[C@@H]1NC(=O)[C@@H]2C[C@H](NCc3ccc(Cl)cc3)CN2C1=O. The first-order chi connectivity index (χ1) is 11.4. The Balaban J connectivity index is 1.59. The smallest absolute Gasteiger partial charge is 0.245 e. The van der Waals surface area contributed by atoms with Crippen LogP contribution in [0.4, 0.5) is 0 Å². The Hall–Kier alpha value is -1.59. The van der Waals surface area contributed by atoms with Gasteiger partial charge in [0.05, 0.1) is 0 Å². The van der Waals surface area contributed by atoms with E-state index in [0.29, 0.717) is 31.8 Å². The standard InChI is InChI=1S/C18H24ClN3O2/c1-11(2)7-15-18(24)22-10-14(8-16(22)17(23)21-15)20-9-12-3-5-13(19)6-4-12/h3-6,11,14-16,20H,7-10H2,1-2H3,(H,21,23)/t14-,15-,16-/m0/s1. The van der Waals surface area contributed by atoms with Crippen LogP contribution in [0.1, 0.15) is 32.3 Å². The monoisotopic (exact) mass is 349 g/mol. The van der Waals surface area contributed by atoms with Crippen molar-refractivity contribution >= 4 is 23.4 Å². The predicted octanol–water partition coefficient (Wildman–Crippen LogP) is 1.94. The maximum atomic E-state index is 12.6. The van der Waals surface area contributed by atoms with E-state index in [1.54, 1.807) is 4.90 Å². The van der Waals surface area contributed by atoms with E-state index in [9.17, 15) is 9.59 Å². The van der Waals surface area contributed by atoms with E-state index in [0.717, 1.165) is 10.6 Å². The van der Waals surface area contributed by atoms with Gasteiger partial charge < -0.3 is 15.5 Å². The van der Waals surface area contributed by atoms with E-state index in [2.05, 4.69) is 24.5 Å².